The van der Waals surface area contributed by atoms with E-state index in [1.807, 2.05) is 30.3 Å². The van der Waals surface area contributed by atoms with Crippen molar-refractivity contribution in [3.63, 3.8) is 0 Å². The van der Waals surface area contributed by atoms with E-state index in [9.17, 15) is 0 Å². The van der Waals surface area contributed by atoms with Gasteiger partial charge in [0, 0.05) is 22.3 Å². The summed E-state index contributed by atoms with van der Waals surface area (Å²) in [5.41, 5.74) is 9.74. The van der Waals surface area contributed by atoms with Crippen molar-refractivity contribution < 1.29 is 0 Å². The van der Waals surface area contributed by atoms with E-state index < -0.39 is 0 Å². The van der Waals surface area contributed by atoms with Crippen molar-refractivity contribution in [2.75, 3.05) is 11.4 Å². The lowest BCUT2D eigenvalue weighted by molar-refractivity contribution is 1.01. The van der Waals surface area contributed by atoms with Gasteiger partial charge in [-0.15, -0.1) is 0 Å². The van der Waals surface area contributed by atoms with Crippen molar-refractivity contribution in [2.24, 2.45) is 5.73 Å². The Kier molecular flexibility index (Phi) is 4.45. The highest BCUT2D eigenvalue weighted by Gasteiger charge is 2.15. The number of rotatable bonds is 4. The summed E-state index contributed by atoms with van der Waals surface area (Å²) >= 11 is 3.50. The Morgan fingerprint density at radius 2 is 1.90 bits per heavy atom. The summed E-state index contributed by atoms with van der Waals surface area (Å²) in [6.45, 7) is 4.99. The van der Waals surface area contributed by atoms with Crippen molar-refractivity contribution in [3.05, 3.63) is 58.1 Å². The molecule has 0 aliphatic heterocycles. The van der Waals surface area contributed by atoms with E-state index in [1.165, 1.54) is 5.56 Å². The molecular weight excluding hydrogens is 314 g/mol. The molecule has 0 aliphatic carbocycles. The number of hydrogen-bond donors (Lipinski definition) is 2. The number of aryl methyl sites for hydroxylation is 1. The molecule has 4 heteroatoms. The topological polar surface area (TPSA) is 53.1 Å². The Hall–Kier alpha value is -1.81. The van der Waals surface area contributed by atoms with Crippen molar-refractivity contribution in [1.29, 1.82) is 5.41 Å². The fourth-order valence-electron chi connectivity index (χ4n) is 2.29. The number of amidine groups is 1. The third-order valence-corrected chi connectivity index (χ3v) is 3.76. The second-order valence-electron chi connectivity index (χ2n) is 4.61. The van der Waals surface area contributed by atoms with Crippen LogP contribution in [0.25, 0.3) is 0 Å². The first-order valence-corrected chi connectivity index (χ1v) is 7.31. The number of benzene rings is 2. The number of nitrogens with one attached hydrogen (secondary N) is 1. The van der Waals surface area contributed by atoms with Crippen LogP contribution in [-0.4, -0.2) is 12.4 Å². The van der Waals surface area contributed by atoms with E-state index in [1.54, 1.807) is 0 Å². The van der Waals surface area contributed by atoms with E-state index in [0.29, 0.717) is 0 Å². The SMILES string of the molecule is CCN(c1ccccc1C)c1cc(Br)ccc1C(=N)N. The minimum absolute atomic E-state index is 0.0829. The van der Waals surface area contributed by atoms with Crippen molar-refractivity contribution >= 4 is 33.1 Å². The minimum Gasteiger partial charge on any atom is -0.384 e. The molecule has 2 rings (SSSR count). The molecule has 3 nitrogen and oxygen atoms in total. The van der Waals surface area contributed by atoms with Gasteiger partial charge in [-0.25, -0.2) is 0 Å². The molecule has 0 aromatic heterocycles. The highest BCUT2D eigenvalue weighted by Crippen LogP contribution is 2.32. The van der Waals surface area contributed by atoms with Crippen LogP contribution in [-0.2, 0) is 0 Å². The van der Waals surface area contributed by atoms with Gasteiger partial charge in [0.1, 0.15) is 5.84 Å². The van der Waals surface area contributed by atoms with Gasteiger partial charge in [-0.05, 0) is 43.7 Å². The summed E-state index contributed by atoms with van der Waals surface area (Å²) in [7, 11) is 0. The van der Waals surface area contributed by atoms with Gasteiger partial charge in [0.05, 0.1) is 5.69 Å². The molecule has 0 spiro atoms. The summed E-state index contributed by atoms with van der Waals surface area (Å²) in [6.07, 6.45) is 0. The highest BCUT2D eigenvalue weighted by molar-refractivity contribution is 9.10. The first-order valence-electron chi connectivity index (χ1n) is 6.51. The zero-order valence-electron chi connectivity index (χ0n) is 11.7. The van der Waals surface area contributed by atoms with Gasteiger partial charge < -0.3 is 10.6 Å². The normalized spacial score (nSPS) is 10.3. The quantitative estimate of drug-likeness (QED) is 0.651. The summed E-state index contributed by atoms with van der Waals surface area (Å²) in [4.78, 5) is 2.18. The maximum absolute atomic E-state index is 7.77. The zero-order valence-corrected chi connectivity index (χ0v) is 13.2. The molecule has 0 heterocycles. The smallest absolute Gasteiger partial charge is 0.124 e. The van der Waals surface area contributed by atoms with Gasteiger partial charge in [0.2, 0.25) is 0 Å². The number of hydrogen-bond acceptors (Lipinski definition) is 2. The lowest BCUT2D eigenvalue weighted by Crippen LogP contribution is -2.22. The molecule has 2 aromatic rings. The molecule has 2 aromatic carbocycles. The summed E-state index contributed by atoms with van der Waals surface area (Å²) < 4.78 is 0.976. The van der Waals surface area contributed by atoms with Crippen LogP contribution in [0.2, 0.25) is 0 Å². The van der Waals surface area contributed by atoms with E-state index in [0.717, 1.165) is 28.0 Å². The third-order valence-electron chi connectivity index (χ3n) is 3.26. The maximum Gasteiger partial charge on any atom is 0.124 e. The van der Waals surface area contributed by atoms with E-state index in [-0.39, 0.29) is 5.84 Å². The van der Waals surface area contributed by atoms with Crippen molar-refractivity contribution in [2.45, 2.75) is 13.8 Å². The molecular formula is C16H18BrN3. The van der Waals surface area contributed by atoms with E-state index in [4.69, 9.17) is 11.1 Å². The number of nitrogen functional groups attached to an aromatic ring is 1. The zero-order chi connectivity index (χ0) is 14.7. The highest BCUT2D eigenvalue weighted by atomic mass is 79.9. The lowest BCUT2D eigenvalue weighted by atomic mass is 10.1. The predicted molar refractivity (Wildman–Crippen MR) is 89.0 cm³/mol. The van der Waals surface area contributed by atoms with E-state index >= 15 is 0 Å². The number of halogens is 1. The van der Waals surface area contributed by atoms with Crippen molar-refractivity contribution in [3.8, 4) is 0 Å². The second-order valence-corrected chi connectivity index (χ2v) is 5.52. The second kappa shape index (κ2) is 6.09. The average Bonchev–Trinajstić information content (AvgIpc) is 2.41. The average molecular weight is 332 g/mol. The van der Waals surface area contributed by atoms with Crippen LogP contribution in [0, 0.1) is 12.3 Å². The molecule has 20 heavy (non-hydrogen) atoms. The lowest BCUT2D eigenvalue weighted by Gasteiger charge is -2.27. The fourth-order valence-corrected chi connectivity index (χ4v) is 2.64. The summed E-state index contributed by atoms with van der Waals surface area (Å²) in [5.74, 6) is 0.0829. The molecule has 0 radical (unpaired) electrons. The van der Waals surface area contributed by atoms with Crippen LogP contribution in [0.4, 0.5) is 11.4 Å². The van der Waals surface area contributed by atoms with Gasteiger partial charge in [0.25, 0.3) is 0 Å². The van der Waals surface area contributed by atoms with Crippen LogP contribution in [0.1, 0.15) is 18.1 Å². The molecule has 0 atom stereocenters. The Morgan fingerprint density at radius 1 is 1.20 bits per heavy atom. The standard InChI is InChI=1S/C16H18BrN3/c1-3-20(14-7-5-4-6-11(14)2)15-10-12(17)8-9-13(15)16(18)19/h4-10H,3H2,1-2H3,(H3,18,19). The molecule has 0 fully saturated rings. The van der Waals surface area contributed by atoms with Gasteiger partial charge in [-0.1, -0.05) is 34.1 Å². The van der Waals surface area contributed by atoms with Crippen LogP contribution in [0.3, 0.4) is 0 Å². The molecule has 0 saturated carbocycles. The number of nitrogens with zero attached hydrogens (tertiary/aromatic N) is 1. The molecule has 0 bridgehead atoms. The molecule has 0 unspecified atom stereocenters. The molecule has 0 amide bonds. The number of anilines is 2. The van der Waals surface area contributed by atoms with Crippen LogP contribution >= 0.6 is 15.9 Å². The Morgan fingerprint density at radius 3 is 2.50 bits per heavy atom. The molecule has 0 aliphatic rings. The summed E-state index contributed by atoms with van der Waals surface area (Å²) in [5, 5.41) is 7.77. The van der Waals surface area contributed by atoms with Crippen LogP contribution in [0.15, 0.2) is 46.9 Å². The molecule has 3 N–H and O–H groups in total. The van der Waals surface area contributed by atoms with Gasteiger partial charge in [0.15, 0.2) is 0 Å². The van der Waals surface area contributed by atoms with Crippen LogP contribution < -0.4 is 10.6 Å². The monoisotopic (exact) mass is 331 g/mol. The largest absolute Gasteiger partial charge is 0.384 e. The number of para-hydroxylation sites is 1. The van der Waals surface area contributed by atoms with Gasteiger partial charge in [-0.2, -0.15) is 0 Å². The third kappa shape index (κ3) is 2.85. The van der Waals surface area contributed by atoms with Gasteiger partial charge in [-0.3, -0.25) is 5.41 Å². The fraction of sp³-hybridized carbons (Fsp3) is 0.188. The van der Waals surface area contributed by atoms with Crippen molar-refractivity contribution in [1.82, 2.24) is 0 Å². The number of nitrogens with two attached hydrogens (primary N) is 1. The Balaban J connectivity index is 2.60. The maximum atomic E-state index is 7.77. The van der Waals surface area contributed by atoms with Crippen LogP contribution in [0.5, 0.6) is 0 Å². The first-order chi connectivity index (χ1) is 9.54. The van der Waals surface area contributed by atoms with Gasteiger partial charge >= 0.3 is 0 Å². The summed E-state index contributed by atoms with van der Waals surface area (Å²) in [6, 6.07) is 14.0. The predicted octanol–water partition coefficient (Wildman–Crippen LogP) is 4.20. The Bertz CT molecular complexity index is 637. The molecule has 0 saturated heterocycles. The molecule has 104 valence electrons. The first kappa shape index (κ1) is 14.6. The Labute approximate surface area is 128 Å². The van der Waals surface area contributed by atoms with E-state index in [2.05, 4.69) is 46.8 Å². The minimum atomic E-state index is 0.0829.